The molecule has 0 aromatic heterocycles. The summed E-state index contributed by atoms with van der Waals surface area (Å²) in [6.07, 6.45) is -59.6. The number of nitrogens with zero attached hydrogens (tertiary/aromatic N) is 9. The maximum atomic E-state index is 11.5. The molecule has 0 spiro atoms. The van der Waals surface area contributed by atoms with E-state index in [1.54, 1.807) is 0 Å². The fraction of sp³-hybridized carbons (Fsp3) is 1.00. The maximum absolute atomic E-state index is 11.5. The molecule has 22 aliphatic heterocycles. The van der Waals surface area contributed by atoms with E-state index in [2.05, 4.69) is 30.1 Å². The van der Waals surface area contributed by atoms with Gasteiger partial charge in [0.1, 0.15) is 128 Å². The lowest BCUT2D eigenvalue weighted by molar-refractivity contribution is -0.401. The standard InChI is InChI=1S/C36H57N9O27/c37-43-40-1-7-25-14(50)20(56)32(62-7)71-29-11(5-47)66-36(24(60)18(29)54)72-30-12(6-48)65-35(23(59)17(30)53)69-27-9(3-42-45-39)63-33(21(57)15(27)51)70-28-10(4-46)64-34(22(58)16(28)52)68-26-8(2-41-44-38)61-31(67-25)19(55)13(26)49/h7-36,46-60H,1-6H2/t7-,8-,9-,10-,11-,12-,13-,14-,15-,16-,17-,18-,19-,20-,21-,22-,23-,24-,25-,26-,27-,28-,29-,30-,31-,32-,33-,34-,35-,36-/m1/s1. The summed E-state index contributed by atoms with van der Waals surface area (Å²) in [6, 6.07) is 0. The molecule has 15 N–H and O–H groups in total. The van der Waals surface area contributed by atoms with Gasteiger partial charge < -0.3 is 133 Å². The van der Waals surface area contributed by atoms with Crippen LogP contribution in [0.25, 0.3) is 31.3 Å². The number of azide groups is 3. The van der Waals surface area contributed by atoms with E-state index in [0.29, 0.717) is 0 Å². The van der Waals surface area contributed by atoms with Crippen molar-refractivity contribution in [1.29, 1.82) is 0 Å². The van der Waals surface area contributed by atoms with Crippen LogP contribution in [0.15, 0.2) is 15.3 Å². The summed E-state index contributed by atoms with van der Waals surface area (Å²) in [4.78, 5) is 7.92. The third-order valence-electron chi connectivity index (χ3n) is 13.1. The van der Waals surface area contributed by atoms with Crippen molar-refractivity contribution < 1.29 is 133 Å². The molecule has 0 aromatic rings. The van der Waals surface area contributed by atoms with Crippen LogP contribution in [0.1, 0.15) is 0 Å². The molecule has 0 unspecified atom stereocenters. The van der Waals surface area contributed by atoms with Gasteiger partial charge >= 0.3 is 0 Å². The zero-order chi connectivity index (χ0) is 52.3. The number of ether oxygens (including phenoxy) is 12. The van der Waals surface area contributed by atoms with Gasteiger partial charge in [0.2, 0.25) is 0 Å². The van der Waals surface area contributed by atoms with Crippen LogP contribution in [0.4, 0.5) is 0 Å². The molecule has 22 rings (SSSR count). The molecule has 408 valence electrons. The average Bonchev–Trinajstić information content (AvgIpc) is 3.37. The summed E-state index contributed by atoms with van der Waals surface area (Å²) in [5.74, 6) is 0. The van der Waals surface area contributed by atoms with Crippen molar-refractivity contribution in [2.75, 3.05) is 39.5 Å². The first kappa shape index (κ1) is 56.6. The number of hydrogen-bond donors (Lipinski definition) is 15. The predicted molar refractivity (Wildman–Crippen MR) is 217 cm³/mol. The molecule has 0 radical (unpaired) electrons. The summed E-state index contributed by atoms with van der Waals surface area (Å²) in [5.41, 5.74) is 27.5. The molecule has 22 saturated heterocycles. The van der Waals surface area contributed by atoms with Gasteiger partial charge in [0.25, 0.3) is 0 Å². The summed E-state index contributed by atoms with van der Waals surface area (Å²) in [6.45, 7) is -5.25. The second-order valence-electron chi connectivity index (χ2n) is 17.5. The average molecular weight is 1050 g/mol. The van der Waals surface area contributed by atoms with Crippen LogP contribution in [-0.4, -0.2) is 300 Å². The first-order chi connectivity index (χ1) is 34.4. The Kier molecular flexibility index (Phi) is 19.4. The molecule has 36 nitrogen and oxygen atoms in total. The first-order valence-electron chi connectivity index (χ1n) is 22.3. The monoisotopic (exact) mass is 1050 g/mol. The Morgan fingerprint density at radius 2 is 0.431 bits per heavy atom. The summed E-state index contributed by atoms with van der Waals surface area (Å²) >= 11 is 0. The Bertz CT molecular complexity index is 1920. The van der Waals surface area contributed by atoms with Crippen LogP contribution < -0.4 is 0 Å². The van der Waals surface area contributed by atoms with Crippen molar-refractivity contribution in [1.82, 2.24) is 0 Å². The van der Waals surface area contributed by atoms with Gasteiger partial charge in [-0.3, -0.25) is 0 Å². The van der Waals surface area contributed by atoms with Gasteiger partial charge in [-0.05, 0) is 16.6 Å². The zero-order valence-corrected chi connectivity index (χ0v) is 37.2. The summed E-state index contributed by atoms with van der Waals surface area (Å²) < 4.78 is 69.1. The van der Waals surface area contributed by atoms with Gasteiger partial charge in [0.15, 0.2) is 37.7 Å². The molecule has 72 heavy (non-hydrogen) atoms. The highest BCUT2D eigenvalue weighted by Crippen LogP contribution is 2.38. The van der Waals surface area contributed by atoms with Crippen LogP contribution >= 0.6 is 0 Å². The molecule has 0 aromatic carbocycles. The predicted octanol–water partition coefficient (Wildman–Crippen LogP) is -9.10. The van der Waals surface area contributed by atoms with Crippen molar-refractivity contribution in [3.63, 3.8) is 0 Å². The Hall–Kier alpha value is -3.15. The van der Waals surface area contributed by atoms with Crippen LogP contribution in [0.3, 0.4) is 0 Å². The van der Waals surface area contributed by atoms with Crippen molar-refractivity contribution >= 4 is 0 Å². The van der Waals surface area contributed by atoms with Gasteiger partial charge in [-0.15, -0.1) is 0 Å². The second-order valence-corrected chi connectivity index (χ2v) is 17.5. The van der Waals surface area contributed by atoms with E-state index >= 15 is 0 Å². The lowest BCUT2D eigenvalue weighted by Gasteiger charge is -2.50. The molecule has 12 bridgehead atoms. The van der Waals surface area contributed by atoms with E-state index < -0.39 is 224 Å². The third kappa shape index (κ3) is 11.5. The summed E-state index contributed by atoms with van der Waals surface area (Å²) in [5, 5.41) is 177. The minimum absolute atomic E-state index is 0.711. The smallest absolute Gasteiger partial charge is 0.187 e. The second kappa shape index (κ2) is 24.7. The normalized spacial score (nSPS) is 51.2. The Balaban J connectivity index is 1.23. The van der Waals surface area contributed by atoms with E-state index in [0.717, 1.165) is 0 Å². The SMILES string of the molecule is [N-]=[N+]=NC[C@H]1O[C@@H]2O[C@H]3[C@H](O)[C@@H](O)[C@@H](O[C@H]4[C@H](O)[C@@H](O)[C@@H](O[C@H]5[C@H](O)[C@@H](O)[C@@H](O[C@H]6[C@H](O)[C@@H](O)[C@@H](O[C@H]7[C@H](O)[C@@H](O)[C@@H](O[C@H]1[C@H](O)[C@H]2O)O[C@@H]7CO)O[C@@H]6CO)O[C@@H]5CN=[N+]=[N-])O[C@@H]4CN=[N+]=[N-])O[C@@H]3CO. The van der Waals surface area contributed by atoms with Crippen LogP contribution in [0.5, 0.6) is 0 Å². The quantitative estimate of drug-likeness (QED) is 0.0579. The minimum atomic E-state index is -2.20. The lowest BCUT2D eigenvalue weighted by Crippen LogP contribution is -2.69. The molecule has 0 amide bonds. The topological polar surface area (TPSA) is 560 Å². The van der Waals surface area contributed by atoms with Gasteiger partial charge in [-0.25, -0.2) is 0 Å². The van der Waals surface area contributed by atoms with Crippen molar-refractivity contribution in [3.05, 3.63) is 31.3 Å². The van der Waals surface area contributed by atoms with Crippen molar-refractivity contribution in [2.24, 2.45) is 15.3 Å². The van der Waals surface area contributed by atoms with E-state index in [1.807, 2.05) is 0 Å². The van der Waals surface area contributed by atoms with Crippen LogP contribution in [-0.2, 0) is 56.8 Å². The van der Waals surface area contributed by atoms with E-state index in [-0.39, 0.29) is 0 Å². The molecule has 36 heteroatoms. The largest absolute Gasteiger partial charge is 0.394 e. The summed E-state index contributed by atoms with van der Waals surface area (Å²) in [7, 11) is 0. The zero-order valence-electron chi connectivity index (χ0n) is 37.2. The fourth-order valence-electron chi connectivity index (χ4n) is 9.28. The van der Waals surface area contributed by atoms with E-state index in [4.69, 9.17) is 67.9 Å². The van der Waals surface area contributed by atoms with Gasteiger partial charge in [-0.2, -0.15) is 0 Å². The molecule has 22 heterocycles. The first-order valence-corrected chi connectivity index (χ1v) is 22.3. The van der Waals surface area contributed by atoms with Crippen molar-refractivity contribution in [2.45, 2.75) is 184 Å². The maximum Gasteiger partial charge on any atom is 0.187 e. The molecular formula is C36H57N9O27. The highest BCUT2D eigenvalue weighted by molar-refractivity contribution is 5.01. The van der Waals surface area contributed by atoms with Crippen molar-refractivity contribution in [3.8, 4) is 0 Å². The molecule has 22 fully saturated rings. The molecule has 0 saturated carbocycles. The molecule has 0 aliphatic carbocycles. The van der Waals surface area contributed by atoms with E-state index in [1.165, 1.54) is 0 Å². The van der Waals surface area contributed by atoms with Gasteiger partial charge in [0.05, 0.1) is 57.8 Å². The Labute approximate surface area is 403 Å². The molecule has 22 aliphatic rings. The Morgan fingerprint density at radius 1 is 0.264 bits per heavy atom. The highest BCUT2D eigenvalue weighted by atomic mass is 16.8. The highest BCUT2D eigenvalue weighted by Gasteiger charge is 2.58. The number of hydrogen-bond acceptors (Lipinski definition) is 30. The molecule has 30 atom stereocenters. The number of aliphatic hydroxyl groups excluding tert-OH is 15. The number of aliphatic hydroxyl groups is 15. The van der Waals surface area contributed by atoms with E-state index in [9.17, 15) is 82.1 Å². The van der Waals surface area contributed by atoms with Crippen LogP contribution in [0, 0.1) is 0 Å². The number of rotatable bonds is 9. The third-order valence-corrected chi connectivity index (χ3v) is 13.1. The fourth-order valence-corrected chi connectivity index (χ4v) is 9.28. The Morgan fingerprint density at radius 3 is 0.597 bits per heavy atom. The lowest BCUT2D eigenvalue weighted by atomic mass is 9.94. The van der Waals surface area contributed by atoms with Gasteiger partial charge in [0, 0.05) is 14.7 Å². The molecular weight excluding hydrogens is 990 g/mol. The van der Waals surface area contributed by atoms with Gasteiger partial charge in [-0.1, -0.05) is 15.3 Å². The minimum Gasteiger partial charge on any atom is -0.394 e. The van der Waals surface area contributed by atoms with Crippen LogP contribution in [0.2, 0.25) is 0 Å².